The number of aliphatic hydroxyl groups excluding tert-OH is 3. The van der Waals surface area contributed by atoms with E-state index in [1.807, 2.05) is 0 Å². The molecular weight excluding hydrogens is 825 g/mol. The number of esters is 1. The molecular formula is C50H88O12S. The maximum absolute atomic E-state index is 12.9. The van der Waals surface area contributed by atoms with Crippen molar-refractivity contribution in [1.82, 2.24) is 0 Å². The molecule has 0 saturated carbocycles. The molecule has 1 rings (SSSR count). The van der Waals surface area contributed by atoms with Crippen molar-refractivity contribution in [2.24, 2.45) is 0 Å². The Morgan fingerprint density at radius 1 is 0.619 bits per heavy atom. The largest absolute Gasteiger partial charge is 0.457 e. The van der Waals surface area contributed by atoms with Gasteiger partial charge < -0.3 is 34.3 Å². The Balaban J connectivity index is 2.33. The van der Waals surface area contributed by atoms with Gasteiger partial charge in [0.05, 0.1) is 19.8 Å². The molecule has 0 bridgehead atoms. The number of unbranched alkanes of at least 4 members (excludes halogenated alkanes) is 19. The van der Waals surface area contributed by atoms with Gasteiger partial charge in [0.15, 0.2) is 6.29 Å². The summed E-state index contributed by atoms with van der Waals surface area (Å²) < 4.78 is 59.1. The van der Waals surface area contributed by atoms with Gasteiger partial charge in [0, 0.05) is 13.0 Å². The monoisotopic (exact) mass is 913 g/mol. The van der Waals surface area contributed by atoms with E-state index in [0.717, 1.165) is 77.0 Å². The summed E-state index contributed by atoms with van der Waals surface area (Å²) >= 11 is 0. The number of carbonyl (C=O) groups excluding carboxylic acids is 1. The fourth-order valence-corrected chi connectivity index (χ4v) is 7.74. The van der Waals surface area contributed by atoms with Gasteiger partial charge in [-0.25, -0.2) is 4.18 Å². The summed E-state index contributed by atoms with van der Waals surface area (Å²) in [5.41, 5.74) is 0. The van der Waals surface area contributed by atoms with Crippen molar-refractivity contribution in [1.29, 1.82) is 0 Å². The highest BCUT2D eigenvalue weighted by Crippen LogP contribution is 2.26. The fraction of sp³-hybridized carbons (Fsp3) is 0.780. The van der Waals surface area contributed by atoms with E-state index < -0.39 is 59.8 Å². The van der Waals surface area contributed by atoms with Crippen LogP contribution in [-0.2, 0) is 38.3 Å². The van der Waals surface area contributed by atoms with Crippen molar-refractivity contribution >= 4 is 16.4 Å². The molecule has 12 nitrogen and oxygen atoms in total. The second-order valence-corrected chi connectivity index (χ2v) is 17.7. The zero-order chi connectivity index (χ0) is 46.1. The van der Waals surface area contributed by atoms with Crippen molar-refractivity contribution in [2.45, 2.75) is 224 Å². The van der Waals surface area contributed by atoms with Crippen LogP contribution in [0.4, 0.5) is 0 Å². The summed E-state index contributed by atoms with van der Waals surface area (Å²) in [6.07, 6.45) is 42.5. The fourth-order valence-electron chi connectivity index (χ4n) is 7.23. The molecule has 0 amide bonds. The molecule has 6 unspecified atom stereocenters. The number of ether oxygens (including phenoxy) is 4. The number of rotatable bonds is 42. The lowest BCUT2D eigenvalue weighted by Crippen LogP contribution is -2.60. The first-order valence-corrected chi connectivity index (χ1v) is 25.9. The topological polar surface area (TPSA) is 178 Å². The average Bonchev–Trinajstić information content (AvgIpc) is 3.26. The highest BCUT2D eigenvalue weighted by atomic mass is 32.3. The highest BCUT2D eigenvalue weighted by molar-refractivity contribution is 7.80. The smallest absolute Gasteiger partial charge is 0.397 e. The molecule has 0 aromatic carbocycles. The van der Waals surface area contributed by atoms with Gasteiger partial charge in [-0.15, -0.1) is 0 Å². The van der Waals surface area contributed by atoms with Crippen LogP contribution >= 0.6 is 0 Å². The van der Waals surface area contributed by atoms with Crippen LogP contribution < -0.4 is 0 Å². The number of hydrogen-bond donors (Lipinski definition) is 4. The summed E-state index contributed by atoms with van der Waals surface area (Å²) in [7, 11) is -5.06. The van der Waals surface area contributed by atoms with E-state index in [2.05, 4.69) is 78.8 Å². The summed E-state index contributed by atoms with van der Waals surface area (Å²) in [5, 5.41) is 30.7. The first kappa shape index (κ1) is 58.8. The first-order valence-electron chi connectivity index (χ1n) is 24.5. The van der Waals surface area contributed by atoms with E-state index >= 15 is 0 Å². The summed E-state index contributed by atoms with van der Waals surface area (Å²) in [6.45, 7) is 3.86. The number of carbonyl (C=O) groups is 1. The van der Waals surface area contributed by atoms with E-state index in [4.69, 9.17) is 23.5 Å². The van der Waals surface area contributed by atoms with Gasteiger partial charge in [-0.05, 0) is 57.8 Å². The van der Waals surface area contributed by atoms with Crippen LogP contribution in [0.1, 0.15) is 187 Å². The lowest BCUT2D eigenvalue weighted by Gasteiger charge is -2.41. The van der Waals surface area contributed by atoms with Crippen LogP contribution in [0.3, 0.4) is 0 Å². The molecule has 0 radical (unpaired) electrons. The molecule has 0 aromatic heterocycles. The standard InChI is InChI=1S/C50H88O12S/c1-3-5-7-9-11-13-15-16-17-18-19-20-21-22-23-24-25-26-27-28-29-31-33-35-37-39-46(52)60-44(42-58-40-38-36-34-32-30-14-12-10-8-6-4-2)43-59-50-48(54)49(62-63(55,56)57)47(53)45(41-51)61-50/h5,7,11,13,16-17,19-20,22-23,44-45,47-51,53-54H,3-4,6,8-10,12,14-15,18,21,24-43H2,1-2H3,(H,55,56,57)/b7-5-,13-11-,17-16-,20-19-,23-22-. The second kappa shape index (κ2) is 41.2. The zero-order valence-electron chi connectivity index (χ0n) is 39.1. The average molecular weight is 913 g/mol. The minimum Gasteiger partial charge on any atom is -0.457 e. The Bertz CT molecular complexity index is 1330. The molecule has 366 valence electrons. The maximum Gasteiger partial charge on any atom is 0.397 e. The zero-order valence-corrected chi connectivity index (χ0v) is 39.9. The van der Waals surface area contributed by atoms with Crippen LogP contribution in [0.15, 0.2) is 60.8 Å². The number of hydrogen-bond acceptors (Lipinski definition) is 11. The van der Waals surface area contributed by atoms with Crippen LogP contribution in [0.2, 0.25) is 0 Å². The molecule has 63 heavy (non-hydrogen) atoms. The van der Waals surface area contributed by atoms with Crippen molar-refractivity contribution in [3.8, 4) is 0 Å². The van der Waals surface area contributed by atoms with Gasteiger partial charge in [-0.3, -0.25) is 9.35 Å². The van der Waals surface area contributed by atoms with E-state index in [1.165, 1.54) is 83.5 Å². The van der Waals surface area contributed by atoms with Gasteiger partial charge in [-0.2, -0.15) is 8.42 Å². The normalized spacial score (nSPS) is 20.4. The third-order valence-corrected chi connectivity index (χ3v) is 11.4. The van der Waals surface area contributed by atoms with E-state index in [0.29, 0.717) is 13.0 Å². The lowest BCUT2D eigenvalue weighted by molar-refractivity contribution is -0.301. The third kappa shape index (κ3) is 34.8. The van der Waals surface area contributed by atoms with Gasteiger partial charge in [-0.1, -0.05) is 184 Å². The van der Waals surface area contributed by atoms with E-state index in [-0.39, 0.29) is 19.6 Å². The SMILES string of the molecule is CC/C=C\C/C=C\C/C=C\C/C=C\C/C=C\CCCCCCCCCCCC(=O)OC(COCCCCCCCCCCCCC)COC1OC(CO)C(O)C(OS(=O)(=O)O)C1O. The summed E-state index contributed by atoms with van der Waals surface area (Å²) in [5.74, 6) is -0.407. The first-order chi connectivity index (χ1) is 30.6. The van der Waals surface area contributed by atoms with Crippen LogP contribution in [0, 0.1) is 0 Å². The minimum absolute atomic E-state index is 0.0334. The maximum atomic E-state index is 12.9. The summed E-state index contributed by atoms with van der Waals surface area (Å²) in [6, 6.07) is 0. The molecule has 1 heterocycles. The highest BCUT2D eigenvalue weighted by Gasteiger charge is 2.48. The Hall–Kier alpha value is -2.20. The third-order valence-electron chi connectivity index (χ3n) is 10.9. The molecule has 1 saturated heterocycles. The molecule has 0 spiro atoms. The quantitative estimate of drug-likeness (QED) is 0.0197. The number of allylic oxidation sites excluding steroid dienone is 10. The summed E-state index contributed by atoms with van der Waals surface area (Å²) in [4.78, 5) is 12.9. The van der Waals surface area contributed by atoms with Crippen molar-refractivity contribution in [2.75, 3.05) is 26.4 Å². The Morgan fingerprint density at radius 2 is 1.10 bits per heavy atom. The van der Waals surface area contributed by atoms with Crippen molar-refractivity contribution < 1.29 is 56.2 Å². The molecule has 1 fully saturated rings. The number of aliphatic hydroxyl groups is 3. The Morgan fingerprint density at radius 3 is 1.60 bits per heavy atom. The molecule has 1 aliphatic rings. The molecule has 13 heteroatoms. The molecule has 0 aliphatic carbocycles. The van der Waals surface area contributed by atoms with Gasteiger partial charge in [0.25, 0.3) is 0 Å². The Labute approximate surface area is 382 Å². The molecule has 6 atom stereocenters. The van der Waals surface area contributed by atoms with E-state index in [1.54, 1.807) is 0 Å². The predicted molar refractivity (Wildman–Crippen MR) is 253 cm³/mol. The predicted octanol–water partition coefficient (Wildman–Crippen LogP) is 10.9. The van der Waals surface area contributed by atoms with Gasteiger partial charge in [0.2, 0.25) is 0 Å². The minimum atomic E-state index is -5.06. The molecule has 0 aromatic rings. The molecule has 1 aliphatic heterocycles. The van der Waals surface area contributed by atoms with E-state index in [9.17, 15) is 28.5 Å². The van der Waals surface area contributed by atoms with Crippen LogP contribution in [0.25, 0.3) is 0 Å². The Kier molecular flexibility index (Phi) is 38.5. The lowest BCUT2D eigenvalue weighted by atomic mass is 9.99. The van der Waals surface area contributed by atoms with Crippen LogP contribution in [-0.4, -0.2) is 97.5 Å². The second-order valence-electron chi connectivity index (χ2n) is 16.7. The van der Waals surface area contributed by atoms with Crippen molar-refractivity contribution in [3.63, 3.8) is 0 Å². The van der Waals surface area contributed by atoms with Crippen molar-refractivity contribution in [3.05, 3.63) is 60.8 Å². The van der Waals surface area contributed by atoms with Crippen LogP contribution in [0.5, 0.6) is 0 Å². The van der Waals surface area contributed by atoms with Gasteiger partial charge >= 0.3 is 16.4 Å². The van der Waals surface area contributed by atoms with Gasteiger partial charge in [0.1, 0.15) is 30.5 Å². The molecule has 4 N–H and O–H groups in total.